The lowest BCUT2D eigenvalue weighted by atomic mass is 10.2. The molecule has 0 bridgehead atoms. The Morgan fingerprint density at radius 1 is 1.26 bits per heavy atom. The molecule has 0 saturated heterocycles. The molecule has 0 fully saturated rings. The van der Waals surface area contributed by atoms with Crippen LogP contribution in [0.3, 0.4) is 0 Å². The lowest BCUT2D eigenvalue weighted by Crippen LogP contribution is -2.03. The van der Waals surface area contributed by atoms with Crippen LogP contribution in [0.2, 0.25) is 0 Å². The molecule has 0 aliphatic heterocycles. The van der Waals surface area contributed by atoms with Gasteiger partial charge in [0.25, 0.3) is 0 Å². The Morgan fingerprint density at radius 2 is 2.16 bits per heavy atom. The van der Waals surface area contributed by atoms with Gasteiger partial charge in [0.05, 0.1) is 10.2 Å². The molecule has 96 valence electrons. The van der Waals surface area contributed by atoms with Crippen molar-refractivity contribution in [2.24, 2.45) is 0 Å². The molecule has 19 heavy (non-hydrogen) atoms. The van der Waals surface area contributed by atoms with E-state index in [2.05, 4.69) is 31.2 Å². The number of nitrogens with zero attached hydrogens (tertiary/aromatic N) is 2. The van der Waals surface area contributed by atoms with E-state index in [-0.39, 0.29) is 5.82 Å². The summed E-state index contributed by atoms with van der Waals surface area (Å²) in [5, 5.41) is 5.12. The van der Waals surface area contributed by atoms with Crippen LogP contribution < -0.4 is 5.32 Å². The number of halogens is 2. The number of rotatable bonds is 3. The second-order valence-electron chi connectivity index (χ2n) is 3.95. The minimum absolute atomic E-state index is 0.229. The largest absolute Gasteiger partial charge is 0.365 e. The summed E-state index contributed by atoms with van der Waals surface area (Å²) in [5.41, 5.74) is 1.50. The molecule has 3 nitrogen and oxygen atoms in total. The molecule has 3 rings (SSSR count). The van der Waals surface area contributed by atoms with E-state index < -0.39 is 0 Å². The molecule has 0 saturated carbocycles. The molecule has 1 N–H and O–H groups in total. The quantitative estimate of drug-likeness (QED) is 0.778. The Hall–Kier alpha value is -1.53. The van der Waals surface area contributed by atoms with Gasteiger partial charge in [-0.25, -0.2) is 14.4 Å². The fourth-order valence-electron chi connectivity index (χ4n) is 1.77. The smallest absolute Gasteiger partial charge is 0.147 e. The first-order valence-corrected chi connectivity index (χ1v) is 7.27. The van der Waals surface area contributed by atoms with Crippen molar-refractivity contribution < 1.29 is 4.39 Å². The number of thiophene rings is 1. The van der Waals surface area contributed by atoms with Crippen LogP contribution in [0, 0.1) is 5.82 Å². The van der Waals surface area contributed by atoms with Crippen molar-refractivity contribution >= 4 is 43.3 Å². The molecule has 3 aromatic rings. The summed E-state index contributed by atoms with van der Waals surface area (Å²) in [5.74, 6) is 0.506. The van der Waals surface area contributed by atoms with Crippen molar-refractivity contribution in [1.82, 2.24) is 9.97 Å². The Kier molecular flexibility index (Phi) is 3.44. The predicted octanol–water partition coefficient (Wildman–Crippen LogP) is 4.21. The van der Waals surface area contributed by atoms with E-state index in [1.807, 2.05) is 11.4 Å². The topological polar surface area (TPSA) is 37.8 Å². The summed E-state index contributed by atoms with van der Waals surface area (Å²) in [7, 11) is 0. The Balaban J connectivity index is 1.86. The van der Waals surface area contributed by atoms with Gasteiger partial charge >= 0.3 is 0 Å². The number of fused-ring (bicyclic) bond motifs is 1. The Bertz CT molecular complexity index is 729. The van der Waals surface area contributed by atoms with Crippen molar-refractivity contribution in [2.45, 2.75) is 6.54 Å². The van der Waals surface area contributed by atoms with Crippen LogP contribution >= 0.6 is 27.3 Å². The average Bonchev–Trinajstić information content (AvgIpc) is 2.88. The molecular formula is C13H9BrFN3S. The van der Waals surface area contributed by atoms with Crippen molar-refractivity contribution in [3.8, 4) is 0 Å². The summed E-state index contributed by atoms with van der Waals surface area (Å²) < 4.78 is 15.5. The molecule has 0 aliphatic carbocycles. The monoisotopic (exact) mass is 337 g/mol. The maximum atomic E-state index is 13.6. The average molecular weight is 338 g/mol. The van der Waals surface area contributed by atoms with Crippen LogP contribution in [0.25, 0.3) is 10.2 Å². The Labute approximate surface area is 121 Å². The van der Waals surface area contributed by atoms with Gasteiger partial charge in [-0.2, -0.15) is 0 Å². The van der Waals surface area contributed by atoms with Crippen LogP contribution in [-0.2, 0) is 6.54 Å². The highest BCUT2D eigenvalue weighted by molar-refractivity contribution is 9.10. The minimum Gasteiger partial charge on any atom is -0.365 e. The van der Waals surface area contributed by atoms with Crippen LogP contribution in [-0.4, -0.2) is 9.97 Å². The maximum absolute atomic E-state index is 13.6. The molecule has 0 spiro atoms. The van der Waals surface area contributed by atoms with Gasteiger partial charge in [-0.1, -0.05) is 15.9 Å². The molecule has 0 atom stereocenters. The van der Waals surface area contributed by atoms with Crippen molar-refractivity contribution in [3.63, 3.8) is 0 Å². The Morgan fingerprint density at radius 3 is 3.05 bits per heavy atom. The highest BCUT2D eigenvalue weighted by atomic mass is 79.9. The highest BCUT2D eigenvalue weighted by Crippen LogP contribution is 2.25. The molecule has 0 aliphatic rings. The van der Waals surface area contributed by atoms with Crippen LogP contribution in [0.1, 0.15) is 5.56 Å². The van der Waals surface area contributed by atoms with Crippen LogP contribution in [0.4, 0.5) is 10.2 Å². The van der Waals surface area contributed by atoms with Gasteiger partial charge < -0.3 is 5.32 Å². The number of hydrogen-bond acceptors (Lipinski definition) is 4. The molecule has 0 amide bonds. The number of aromatic nitrogens is 2. The molecular weight excluding hydrogens is 329 g/mol. The third-order valence-electron chi connectivity index (χ3n) is 2.70. The fourth-order valence-corrected chi connectivity index (χ4v) is 2.99. The van der Waals surface area contributed by atoms with E-state index in [4.69, 9.17) is 0 Å². The van der Waals surface area contributed by atoms with E-state index in [0.717, 1.165) is 20.5 Å². The van der Waals surface area contributed by atoms with Gasteiger partial charge in [0.2, 0.25) is 0 Å². The van der Waals surface area contributed by atoms with Gasteiger partial charge in [0, 0.05) is 16.6 Å². The van der Waals surface area contributed by atoms with E-state index in [0.29, 0.717) is 12.1 Å². The van der Waals surface area contributed by atoms with Crippen LogP contribution in [0.5, 0.6) is 0 Å². The lowest BCUT2D eigenvalue weighted by Gasteiger charge is -2.07. The first-order chi connectivity index (χ1) is 9.24. The fraction of sp³-hybridized carbons (Fsp3) is 0.0769. The first kappa shape index (κ1) is 12.5. The second kappa shape index (κ2) is 5.22. The summed E-state index contributed by atoms with van der Waals surface area (Å²) in [6, 6.07) is 6.82. The van der Waals surface area contributed by atoms with Crippen molar-refractivity contribution in [3.05, 3.63) is 51.8 Å². The maximum Gasteiger partial charge on any atom is 0.147 e. The van der Waals surface area contributed by atoms with Gasteiger partial charge in [0.1, 0.15) is 18.0 Å². The molecule has 1 aromatic carbocycles. The van der Waals surface area contributed by atoms with Gasteiger partial charge in [-0.05, 0) is 29.6 Å². The van der Waals surface area contributed by atoms with Gasteiger partial charge in [0.15, 0.2) is 0 Å². The number of anilines is 1. The van der Waals surface area contributed by atoms with Crippen molar-refractivity contribution in [1.29, 1.82) is 0 Å². The predicted molar refractivity (Wildman–Crippen MR) is 78.8 cm³/mol. The van der Waals surface area contributed by atoms with E-state index >= 15 is 0 Å². The summed E-state index contributed by atoms with van der Waals surface area (Å²) >= 11 is 4.90. The third-order valence-corrected chi connectivity index (χ3v) is 4.10. The summed E-state index contributed by atoms with van der Waals surface area (Å²) in [4.78, 5) is 8.37. The third kappa shape index (κ3) is 2.59. The van der Waals surface area contributed by atoms with E-state index in [9.17, 15) is 4.39 Å². The van der Waals surface area contributed by atoms with Crippen LogP contribution in [0.15, 0.2) is 40.4 Å². The van der Waals surface area contributed by atoms with Crippen molar-refractivity contribution in [2.75, 3.05) is 5.32 Å². The standard InChI is InChI=1S/C13H9BrFN3S/c14-9-1-2-10(15)8(5-9)6-16-13-12-11(3-4-19-12)17-7-18-13/h1-5,7H,6H2,(H,16,17,18). The zero-order chi connectivity index (χ0) is 13.2. The normalized spacial score (nSPS) is 10.8. The number of nitrogens with one attached hydrogen (secondary N) is 1. The molecule has 6 heteroatoms. The van der Waals surface area contributed by atoms with Gasteiger partial charge in [-0.15, -0.1) is 11.3 Å². The number of benzene rings is 1. The lowest BCUT2D eigenvalue weighted by molar-refractivity contribution is 0.612. The van der Waals surface area contributed by atoms with Gasteiger partial charge in [-0.3, -0.25) is 0 Å². The highest BCUT2D eigenvalue weighted by Gasteiger charge is 2.07. The summed E-state index contributed by atoms with van der Waals surface area (Å²) in [6.07, 6.45) is 1.51. The molecule has 0 radical (unpaired) electrons. The first-order valence-electron chi connectivity index (χ1n) is 5.60. The minimum atomic E-state index is -0.229. The number of hydrogen-bond donors (Lipinski definition) is 1. The summed E-state index contributed by atoms with van der Waals surface area (Å²) in [6.45, 7) is 0.384. The second-order valence-corrected chi connectivity index (χ2v) is 5.78. The van der Waals surface area contributed by atoms with E-state index in [1.165, 1.54) is 12.4 Å². The molecule has 0 unspecified atom stereocenters. The zero-order valence-electron chi connectivity index (χ0n) is 9.73. The molecule has 2 heterocycles. The van der Waals surface area contributed by atoms with E-state index in [1.54, 1.807) is 23.5 Å². The SMILES string of the molecule is Fc1ccc(Br)cc1CNc1ncnc2ccsc12. The zero-order valence-corrected chi connectivity index (χ0v) is 12.1. The molecule has 2 aromatic heterocycles.